The number of benzene rings is 1. The van der Waals surface area contributed by atoms with Crippen molar-refractivity contribution in [1.29, 1.82) is 0 Å². The number of carbonyl (C=O) groups excluding carboxylic acids is 2. The number of rotatable bonds is 9. The molecule has 1 heterocycles. The number of likely N-dealkylation sites (tertiary alicyclic amines) is 1. The van der Waals surface area contributed by atoms with Gasteiger partial charge in [0.05, 0.1) is 10.5 Å². The van der Waals surface area contributed by atoms with Crippen LogP contribution in [-0.2, 0) is 25.7 Å². The highest BCUT2D eigenvalue weighted by molar-refractivity contribution is 7.89. The SMILES string of the molecule is CC(CCN(C)C(=O)OC(C)(C)C)CC(=O)N1CCC(N(C2CC2)S(=O)(=O)c2cccc(C(F)(F)F)c2)CC1. The molecule has 1 saturated carbocycles. The fourth-order valence-corrected chi connectivity index (χ4v) is 6.69. The zero-order chi connectivity index (χ0) is 29.2. The lowest BCUT2D eigenvalue weighted by Gasteiger charge is -2.38. The standard InChI is InChI=1S/C27H40F3N3O5S/c1-19(11-14-31(5)25(35)38-26(2,3)4)17-24(34)32-15-12-22(13-16-32)33(21-9-10-21)39(36,37)23-8-6-7-20(18-23)27(28,29)30/h6-8,18-19,21-22H,9-17H2,1-5H3. The van der Waals surface area contributed by atoms with Gasteiger partial charge in [0.25, 0.3) is 0 Å². The van der Waals surface area contributed by atoms with E-state index in [9.17, 15) is 31.2 Å². The lowest BCUT2D eigenvalue weighted by molar-refractivity contribution is -0.137. The summed E-state index contributed by atoms with van der Waals surface area (Å²) in [5.41, 5.74) is -1.58. The van der Waals surface area contributed by atoms with Crippen molar-refractivity contribution < 1.29 is 35.9 Å². The first-order chi connectivity index (χ1) is 18.0. The van der Waals surface area contributed by atoms with Crippen LogP contribution in [0, 0.1) is 5.92 Å². The molecule has 0 N–H and O–H groups in total. The normalized spacial score (nSPS) is 18.2. The number of halogens is 3. The maximum Gasteiger partial charge on any atom is 0.416 e. The molecule has 1 atom stereocenters. The predicted octanol–water partition coefficient (Wildman–Crippen LogP) is 5.13. The molecule has 8 nitrogen and oxygen atoms in total. The summed E-state index contributed by atoms with van der Waals surface area (Å²) in [6.07, 6.45) is -1.91. The monoisotopic (exact) mass is 575 g/mol. The van der Waals surface area contributed by atoms with Crippen molar-refractivity contribution in [3.63, 3.8) is 0 Å². The Kier molecular flexibility index (Phi) is 9.63. The summed E-state index contributed by atoms with van der Waals surface area (Å²) >= 11 is 0. The van der Waals surface area contributed by atoms with E-state index in [1.165, 1.54) is 15.3 Å². The fraction of sp³-hybridized carbons (Fsp3) is 0.704. The predicted molar refractivity (Wildman–Crippen MR) is 140 cm³/mol. The molecule has 1 aromatic carbocycles. The van der Waals surface area contributed by atoms with Gasteiger partial charge in [0.15, 0.2) is 0 Å². The van der Waals surface area contributed by atoms with E-state index < -0.39 is 33.5 Å². The molecule has 1 aromatic rings. The third-order valence-corrected chi connectivity index (χ3v) is 9.01. The lowest BCUT2D eigenvalue weighted by Crippen LogP contribution is -2.49. The number of hydrogen-bond donors (Lipinski definition) is 0. The average molecular weight is 576 g/mol. The smallest absolute Gasteiger partial charge is 0.416 e. The second-order valence-electron chi connectivity index (χ2n) is 11.7. The largest absolute Gasteiger partial charge is 0.444 e. The minimum Gasteiger partial charge on any atom is -0.444 e. The Bertz CT molecular complexity index is 1120. The summed E-state index contributed by atoms with van der Waals surface area (Å²) in [4.78, 5) is 27.9. The van der Waals surface area contributed by atoms with Gasteiger partial charge in [-0.25, -0.2) is 13.2 Å². The molecule has 3 rings (SSSR count). The van der Waals surface area contributed by atoms with Gasteiger partial charge in [0, 0.05) is 45.2 Å². The van der Waals surface area contributed by atoms with Crippen LogP contribution in [-0.4, -0.2) is 78.9 Å². The summed E-state index contributed by atoms with van der Waals surface area (Å²) in [5, 5.41) is 0. The molecule has 2 fully saturated rings. The summed E-state index contributed by atoms with van der Waals surface area (Å²) in [6.45, 7) is 8.57. The molecule has 0 spiro atoms. The van der Waals surface area contributed by atoms with E-state index in [-0.39, 0.29) is 28.8 Å². The van der Waals surface area contributed by atoms with Crippen LogP contribution in [0.1, 0.15) is 71.8 Å². The van der Waals surface area contributed by atoms with Gasteiger partial charge in [0.2, 0.25) is 15.9 Å². The maximum absolute atomic E-state index is 13.4. The summed E-state index contributed by atoms with van der Waals surface area (Å²) in [7, 11) is -2.46. The van der Waals surface area contributed by atoms with Gasteiger partial charge in [-0.15, -0.1) is 0 Å². The van der Waals surface area contributed by atoms with Crippen LogP contribution >= 0.6 is 0 Å². The molecule has 2 aliphatic rings. The Labute approximate surface area is 229 Å². The Hall–Kier alpha value is -2.34. The molecule has 2 amide bonds. The van der Waals surface area contributed by atoms with Crippen LogP contribution in [0.4, 0.5) is 18.0 Å². The number of alkyl halides is 3. The second-order valence-corrected chi connectivity index (χ2v) is 13.5. The lowest BCUT2D eigenvalue weighted by atomic mass is 10.00. The first-order valence-corrected chi connectivity index (χ1v) is 14.9. The second kappa shape index (κ2) is 12.0. The zero-order valence-electron chi connectivity index (χ0n) is 23.3. The van der Waals surface area contributed by atoms with Crippen molar-refractivity contribution in [2.45, 2.75) is 95.0 Å². The number of hydrogen-bond acceptors (Lipinski definition) is 5. The van der Waals surface area contributed by atoms with E-state index in [0.29, 0.717) is 64.2 Å². The van der Waals surface area contributed by atoms with Gasteiger partial charge in [-0.1, -0.05) is 13.0 Å². The number of ether oxygens (including phenoxy) is 1. The number of carbonyl (C=O) groups is 2. The van der Waals surface area contributed by atoms with E-state index >= 15 is 0 Å². The highest BCUT2D eigenvalue weighted by Crippen LogP contribution is 2.38. The van der Waals surface area contributed by atoms with E-state index in [2.05, 4.69) is 0 Å². The molecule has 39 heavy (non-hydrogen) atoms. The molecule has 1 aliphatic carbocycles. The van der Waals surface area contributed by atoms with Crippen LogP contribution in [0.5, 0.6) is 0 Å². The van der Waals surface area contributed by atoms with E-state index in [1.54, 1.807) is 32.7 Å². The van der Waals surface area contributed by atoms with Crippen LogP contribution in [0.3, 0.4) is 0 Å². The Morgan fingerprint density at radius 1 is 1.08 bits per heavy atom. The molecular weight excluding hydrogens is 535 g/mol. The number of piperidine rings is 1. The van der Waals surface area contributed by atoms with Crippen LogP contribution in [0.15, 0.2) is 29.2 Å². The van der Waals surface area contributed by atoms with Gasteiger partial charge in [-0.3, -0.25) is 4.79 Å². The number of sulfonamides is 1. The Morgan fingerprint density at radius 3 is 2.21 bits per heavy atom. The van der Waals surface area contributed by atoms with Gasteiger partial charge >= 0.3 is 12.3 Å². The number of nitrogens with zero attached hydrogens (tertiary/aromatic N) is 3. The van der Waals surface area contributed by atoms with Crippen LogP contribution in [0.2, 0.25) is 0 Å². The number of amides is 2. The van der Waals surface area contributed by atoms with E-state index in [0.717, 1.165) is 12.1 Å². The maximum atomic E-state index is 13.4. The highest BCUT2D eigenvalue weighted by atomic mass is 32.2. The van der Waals surface area contributed by atoms with Crippen LogP contribution < -0.4 is 0 Å². The highest BCUT2D eigenvalue weighted by Gasteiger charge is 2.44. The first-order valence-electron chi connectivity index (χ1n) is 13.4. The molecule has 12 heteroatoms. The summed E-state index contributed by atoms with van der Waals surface area (Å²) in [5.74, 6) is 0.00365. The third kappa shape index (κ3) is 8.57. The molecule has 1 unspecified atom stereocenters. The van der Waals surface area contributed by atoms with Crippen molar-refractivity contribution in [3.8, 4) is 0 Å². The Balaban J connectivity index is 1.55. The quantitative estimate of drug-likeness (QED) is 0.407. The third-order valence-electron chi connectivity index (χ3n) is 7.01. The molecule has 220 valence electrons. The minimum absolute atomic E-state index is 0.0282. The van der Waals surface area contributed by atoms with Crippen molar-refractivity contribution in [1.82, 2.24) is 14.1 Å². The van der Waals surface area contributed by atoms with Gasteiger partial charge in [-0.05, 0) is 77.0 Å². The van der Waals surface area contributed by atoms with Gasteiger partial charge in [0.1, 0.15) is 5.60 Å². The zero-order valence-corrected chi connectivity index (χ0v) is 24.1. The molecule has 0 bridgehead atoms. The van der Waals surface area contributed by atoms with Crippen LogP contribution in [0.25, 0.3) is 0 Å². The fourth-order valence-electron chi connectivity index (χ4n) is 4.72. The molecular formula is C27H40F3N3O5S. The average Bonchev–Trinajstić information content (AvgIpc) is 3.66. The van der Waals surface area contributed by atoms with Gasteiger partial charge < -0.3 is 14.5 Å². The van der Waals surface area contributed by atoms with Crippen molar-refractivity contribution in [3.05, 3.63) is 29.8 Å². The van der Waals surface area contributed by atoms with Crippen molar-refractivity contribution >= 4 is 22.0 Å². The molecule has 0 radical (unpaired) electrons. The Morgan fingerprint density at radius 2 is 1.67 bits per heavy atom. The first kappa shape index (κ1) is 31.2. The minimum atomic E-state index is -4.63. The molecule has 1 aliphatic heterocycles. The summed E-state index contributed by atoms with van der Waals surface area (Å²) < 4.78 is 73.2. The topological polar surface area (TPSA) is 87.2 Å². The van der Waals surface area contributed by atoms with Gasteiger partial charge in [-0.2, -0.15) is 17.5 Å². The van der Waals surface area contributed by atoms with Crippen molar-refractivity contribution in [2.24, 2.45) is 5.92 Å². The van der Waals surface area contributed by atoms with E-state index in [1.807, 2.05) is 6.92 Å². The molecule has 1 saturated heterocycles. The van der Waals surface area contributed by atoms with E-state index in [4.69, 9.17) is 4.74 Å². The molecule has 0 aromatic heterocycles. The van der Waals surface area contributed by atoms with Crippen molar-refractivity contribution in [2.75, 3.05) is 26.7 Å². The summed E-state index contributed by atoms with van der Waals surface area (Å²) in [6, 6.07) is 3.29.